The van der Waals surface area contributed by atoms with E-state index in [9.17, 15) is 18.4 Å². The molecule has 0 aliphatic carbocycles. The number of aromatic nitrogens is 1. The molecule has 7 heteroatoms. The first-order chi connectivity index (χ1) is 13.9. The van der Waals surface area contributed by atoms with Crippen molar-refractivity contribution >= 4 is 28.4 Å². The van der Waals surface area contributed by atoms with E-state index in [1.807, 2.05) is 25.3 Å². The number of nitrogens with zero attached hydrogens (tertiary/aromatic N) is 1. The molecule has 1 fully saturated rings. The van der Waals surface area contributed by atoms with E-state index in [2.05, 4.69) is 16.4 Å². The van der Waals surface area contributed by atoms with Gasteiger partial charge in [0.25, 0.3) is 0 Å². The summed E-state index contributed by atoms with van der Waals surface area (Å²) >= 11 is 0. The summed E-state index contributed by atoms with van der Waals surface area (Å²) in [5, 5.41) is 3.59. The number of aromatic amines is 1. The Bertz CT molecular complexity index is 1090. The van der Waals surface area contributed by atoms with E-state index in [1.54, 1.807) is 4.90 Å². The van der Waals surface area contributed by atoms with Crippen LogP contribution in [-0.2, 0) is 16.0 Å². The fourth-order valence-corrected chi connectivity index (χ4v) is 3.74. The molecule has 29 heavy (non-hydrogen) atoms. The average Bonchev–Trinajstić information content (AvgIpc) is 3.25. The van der Waals surface area contributed by atoms with E-state index >= 15 is 0 Å². The number of aryl methyl sites for hydroxylation is 1. The van der Waals surface area contributed by atoms with Gasteiger partial charge in [0.2, 0.25) is 11.8 Å². The first-order valence-electron chi connectivity index (χ1n) is 9.51. The van der Waals surface area contributed by atoms with Gasteiger partial charge in [0.15, 0.2) is 0 Å². The minimum Gasteiger partial charge on any atom is -0.361 e. The molecule has 3 aromatic rings. The smallest absolute Gasteiger partial charge is 0.229 e. The third-order valence-electron chi connectivity index (χ3n) is 5.35. The Morgan fingerprint density at radius 3 is 2.86 bits per heavy atom. The van der Waals surface area contributed by atoms with Crippen molar-refractivity contribution < 1.29 is 18.4 Å². The summed E-state index contributed by atoms with van der Waals surface area (Å²) in [6.07, 6.45) is 2.71. The quantitative estimate of drug-likeness (QED) is 0.688. The first kappa shape index (κ1) is 19.1. The first-order valence-corrected chi connectivity index (χ1v) is 9.51. The Kier molecular flexibility index (Phi) is 5.05. The fraction of sp³-hybridized carbons (Fsp3) is 0.273. The number of amides is 2. The molecule has 2 aromatic carbocycles. The second-order valence-electron chi connectivity index (χ2n) is 7.47. The minimum atomic E-state index is -0.839. The molecule has 1 aliphatic rings. The maximum atomic E-state index is 13.7. The highest BCUT2D eigenvalue weighted by atomic mass is 19.1. The van der Waals surface area contributed by atoms with Gasteiger partial charge in [-0.15, -0.1) is 0 Å². The molecule has 0 unspecified atom stereocenters. The van der Waals surface area contributed by atoms with Crippen LogP contribution in [0.1, 0.15) is 17.5 Å². The summed E-state index contributed by atoms with van der Waals surface area (Å²) in [6.45, 7) is 2.83. The van der Waals surface area contributed by atoms with Gasteiger partial charge >= 0.3 is 0 Å². The van der Waals surface area contributed by atoms with Crippen molar-refractivity contribution in [3.63, 3.8) is 0 Å². The molecule has 5 nitrogen and oxygen atoms in total. The van der Waals surface area contributed by atoms with Gasteiger partial charge < -0.3 is 15.2 Å². The van der Waals surface area contributed by atoms with Crippen LogP contribution in [0.5, 0.6) is 0 Å². The number of H-pyrrole nitrogens is 1. The molecule has 0 radical (unpaired) electrons. The molecule has 2 amide bonds. The van der Waals surface area contributed by atoms with E-state index in [0.29, 0.717) is 19.0 Å². The van der Waals surface area contributed by atoms with Crippen LogP contribution >= 0.6 is 0 Å². The zero-order valence-corrected chi connectivity index (χ0v) is 16.0. The number of hydrogen-bond donors (Lipinski definition) is 2. The molecule has 1 aliphatic heterocycles. The maximum absolute atomic E-state index is 13.7. The predicted molar refractivity (Wildman–Crippen MR) is 106 cm³/mol. The minimum absolute atomic E-state index is 0.0850. The maximum Gasteiger partial charge on any atom is 0.229 e. The zero-order valence-electron chi connectivity index (χ0n) is 16.0. The topological polar surface area (TPSA) is 65.2 Å². The Hall–Kier alpha value is -3.22. The molecule has 2 heterocycles. The van der Waals surface area contributed by atoms with Gasteiger partial charge in [-0.05, 0) is 43.2 Å². The van der Waals surface area contributed by atoms with Gasteiger partial charge in [-0.1, -0.05) is 11.6 Å². The molecular formula is C22H21F2N3O2. The van der Waals surface area contributed by atoms with Crippen LogP contribution in [0.2, 0.25) is 0 Å². The lowest BCUT2D eigenvalue weighted by molar-refractivity contribution is -0.128. The number of likely N-dealkylation sites (tertiary alicyclic amines) is 1. The molecule has 1 aromatic heterocycles. The van der Waals surface area contributed by atoms with Gasteiger partial charge in [-0.3, -0.25) is 9.59 Å². The molecule has 4 rings (SSSR count). The third kappa shape index (κ3) is 3.99. The van der Waals surface area contributed by atoms with Crippen LogP contribution in [0.15, 0.2) is 42.6 Å². The standard InChI is InChI=1S/C22H21F2N3O2/c1-13-2-4-19-17(8-13)14(11-25-19)6-7-27-12-15(9-21(27)28)22(29)26-20-5-3-16(23)10-18(20)24/h2-5,8,10-11,15,25H,6-7,9,12H2,1H3,(H,26,29)/t15-/m0/s1. The highest BCUT2D eigenvalue weighted by Crippen LogP contribution is 2.24. The summed E-state index contributed by atoms with van der Waals surface area (Å²) in [4.78, 5) is 29.7. The number of halogens is 2. The van der Waals surface area contributed by atoms with Crippen molar-refractivity contribution in [2.45, 2.75) is 19.8 Å². The number of carbonyl (C=O) groups is 2. The Morgan fingerprint density at radius 1 is 1.24 bits per heavy atom. The fourth-order valence-electron chi connectivity index (χ4n) is 3.74. The monoisotopic (exact) mass is 397 g/mol. The van der Waals surface area contributed by atoms with Crippen molar-refractivity contribution in [2.24, 2.45) is 5.92 Å². The zero-order chi connectivity index (χ0) is 20.5. The van der Waals surface area contributed by atoms with Crippen molar-refractivity contribution in [2.75, 3.05) is 18.4 Å². The second kappa shape index (κ2) is 7.66. The number of benzene rings is 2. The van der Waals surface area contributed by atoms with Gasteiger partial charge in [-0.2, -0.15) is 0 Å². The van der Waals surface area contributed by atoms with E-state index < -0.39 is 23.5 Å². The second-order valence-corrected chi connectivity index (χ2v) is 7.47. The number of nitrogens with one attached hydrogen (secondary N) is 2. The van der Waals surface area contributed by atoms with Crippen LogP contribution in [0.25, 0.3) is 10.9 Å². The molecule has 1 saturated heterocycles. The molecule has 0 bridgehead atoms. The molecule has 0 saturated carbocycles. The summed E-state index contributed by atoms with van der Waals surface area (Å²) in [5.41, 5.74) is 3.26. The number of rotatable bonds is 5. The number of anilines is 1. The third-order valence-corrected chi connectivity index (χ3v) is 5.35. The Morgan fingerprint density at radius 2 is 2.07 bits per heavy atom. The lowest BCUT2D eigenvalue weighted by atomic mass is 10.1. The highest BCUT2D eigenvalue weighted by molar-refractivity contribution is 5.97. The summed E-state index contributed by atoms with van der Waals surface area (Å²) in [6, 6.07) is 9.15. The Balaban J connectivity index is 1.38. The van der Waals surface area contributed by atoms with Crippen LogP contribution in [0.3, 0.4) is 0 Å². The normalized spacial score (nSPS) is 16.6. The lowest BCUT2D eigenvalue weighted by Crippen LogP contribution is -2.30. The lowest BCUT2D eigenvalue weighted by Gasteiger charge is -2.16. The van der Waals surface area contributed by atoms with Crippen molar-refractivity contribution in [1.82, 2.24) is 9.88 Å². The van der Waals surface area contributed by atoms with Gasteiger partial charge in [0.1, 0.15) is 11.6 Å². The number of hydrogen-bond acceptors (Lipinski definition) is 2. The van der Waals surface area contributed by atoms with Crippen LogP contribution in [0, 0.1) is 24.5 Å². The molecular weight excluding hydrogens is 376 g/mol. The average molecular weight is 397 g/mol. The molecule has 150 valence electrons. The Labute approximate surface area is 166 Å². The summed E-state index contributed by atoms with van der Waals surface area (Å²) in [5.74, 6) is -2.64. The number of carbonyl (C=O) groups excluding carboxylic acids is 2. The van der Waals surface area contributed by atoms with E-state index in [4.69, 9.17) is 0 Å². The predicted octanol–water partition coefficient (Wildman–Crippen LogP) is 3.78. The highest BCUT2D eigenvalue weighted by Gasteiger charge is 2.34. The van der Waals surface area contributed by atoms with Gasteiger partial charge in [0, 0.05) is 42.7 Å². The van der Waals surface area contributed by atoms with Crippen LogP contribution in [0.4, 0.5) is 14.5 Å². The van der Waals surface area contributed by atoms with Crippen LogP contribution < -0.4 is 5.32 Å². The SMILES string of the molecule is Cc1ccc2[nH]cc(CCN3C[C@@H](C(=O)Nc4ccc(F)cc4F)CC3=O)c2c1. The molecule has 2 N–H and O–H groups in total. The molecule has 1 atom stereocenters. The molecule has 0 spiro atoms. The largest absolute Gasteiger partial charge is 0.361 e. The van der Waals surface area contributed by atoms with Crippen molar-refractivity contribution in [3.8, 4) is 0 Å². The van der Waals surface area contributed by atoms with Crippen LogP contribution in [-0.4, -0.2) is 34.8 Å². The van der Waals surface area contributed by atoms with E-state index in [1.165, 1.54) is 11.6 Å². The van der Waals surface area contributed by atoms with Gasteiger partial charge in [-0.25, -0.2) is 8.78 Å². The van der Waals surface area contributed by atoms with E-state index in [-0.39, 0.29) is 24.6 Å². The number of fused-ring (bicyclic) bond motifs is 1. The van der Waals surface area contributed by atoms with Crippen molar-refractivity contribution in [1.29, 1.82) is 0 Å². The van der Waals surface area contributed by atoms with Crippen molar-refractivity contribution in [3.05, 3.63) is 65.4 Å². The summed E-state index contributed by atoms with van der Waals surface area (Å²) in [7, 11) is 0. The van der Waals surface area contributed by atoms with Gasteiger partial charge in [0.05, 0.1) is 11.6 Å². The summed E-state index contributed by atoms with van der Waals surface area (Å²) < 4.78 is 26.8. The van der Waals surface area contributed by atoms with E-state index in [0.717, 1.165) is 22.5 Å².